The zero-order valence-corrected chi connectivity index (χ0v) is 14.7. The molecule has 0 N–H and O–H groups in total. The van der Waals surface area contributed by atoms with Gasteiger partial charge in [-0.25, -0.2) is 15.0 Å². The summed E-state index contributed by atoms with van der Waals surface area (Å²) >= 11 is 0. The Morgan fingerprint density at radius 2 is 1.77 bits per heavy atom. The van der Waals surface area contributed by atoms with Gasteiger partial charge in [-0.2, -0.15) is 5.26 Å². The van der Waals surface area contributed by atoms with E-state index in [-0.39, 0.29) is 0 Å². The van der Waals surface area contributed by atoms with Crippen LogP contribution in [-0.4, -0.2) is 54.3 Å². The van der Waals surface area contributed by atoms with Crippen LogP contribution in [0.15, 0.2) is 30.7 Å². The van der Waals surface area contributed by atoms with Gasteiger partial charge in [0.2, 0.25) is 0 Å². The Balaban J connectivity index is 1.40. The molecule has 26 heavy (non-hydrogen) atoms. The fraction of sp³-hybridized carbons (Fsp3) is 0.474. The van der Waals surface area contributed by atoms with Crippen molar-refractivity contribution in [1.29, 1.82) is 5.26 Å². The Morgan fingerprint density at radius 3 is 2.46 bits per heavy atom. The first-order valence-corrected chi connectivity index (χ1v) is 9.09. The Kier molecular flexibility index (Phi) is 4.93. The topological polar surface area (TPSA) is 78.2 Å². The Bertz CT molecular complexity index is 773. The molecule has 2 saturated heterocycles. The summed E-state index contributed by atoms with van der Waals surface area (Å²) < 4.78 is 5.45. The second kappa shape index (κ2) is 7.67. The molecule has 0 aliphatic carbocycles. The first-order chi connectivity index (χ1) is 12.8. The van der Waals surface area contributed by atoms with E-state index >= 15 is 0 Å². The lowest BCUT2D eigenvalue weighted by atomic mass is 9.96. The minimum absolute atomic E-state index is 0.453. The van der Waals surface area contributed by atoms with Crippen LogP contribution in [0.2, 0.25) is 0 Å². The lowest BCUT2D eigenvalue weighted by molar-refractivity contribution is 0.0845. The number of ether oxygens (including phenoxy) is 1. The number of aromatic nitrogens is 3. The Hall–Kier alpha value is -2.72. The van der Waals surface area contributed by atoms with E-state index in [2.05, 4.69) is 36.9 Å². The van der Waals surface area contributed by atoms with Crippen molar-refractivity contribution >= 4 is 11.5 Å². The molecule has 4 rings (SSSR count). The van der Waals surface area contributed by atoms with Crippen molar-refractivity contribution in [2.24, 2.45) is 0 Å². The molecule has 2 fully saturated rings. The van der Waals surface area contributed by atoms with Gasteiger partial charge in [-0.05, 0) is 25.0 Å². The first kappa shape index (κ1) is 16.7. The second-order valence-electron chi connectivity index (χ2n) is 6.68. The first-order valence-electron chi connectivity index (χ1n) is 9.09. The minimum atomic E-state index is 0.453. The zero-order chi connectivity index (χ0) is 17.8. The van der Waals surface area contributed by atoms with Crippen LogP contribution in [-0.2, 0) is 4.74 Å². The van der Waals surface area contributed by atoms with Crippen LogP contribution in [0.3, 0.4) is 0 Å². The SMILES string of the molecule is N#Cc1ccc(N2CCN(c3cc(C4CCOCC4)ncn3)CC2)cn1. The van der Waals surface area contributed by atoms with Crippen molar-refractivity contribution in [3.63, 3.8) is 0 Å². The van der Waals surface area contributed by atoms with Gasteiger partial charge in [-0.15, -0.1) is 0 Å². The summed E-state index contributed by atoms with van der Waals surface area (Å²) in [7, 11) is 0. The second-order valence-corrected chi connectivity index (χ2v) is 6.68. The molecule has 0 saturated carbocycles. The molecule has 2 aliphatic heterocycles. The maximum absolute atomic E-state index is 8.86. The Labute approximate surface area is 153 Å². The van der Waals surface area contributed by atoms with Crippen LogP contribution >= 0.6 is 0 Å². The van der Waals surface area contributed by atoms with E-state index in [4.69, 9.17) is 10.00 Å². The van der Waals surface area contributed by atoms with Crippen LogP contribution < -0.4 is 9.80 Å². The van der Waals surface area contributed by atoms with Gasteiger partial charge in [0, 0.05) is 57.1 Å². The van der Waals surface area contributed by atoms with Gasteiger partial charge in [-0.1, -0.05) is 0 Å². The number of anilines is 2. The van der Waals surface area contributed by atoms with Crippen molar-refractivity contribution in [3.05, 3.63) is 42.1 Å². The molecule has 0 bridgehead atoms. The Morgan fingerprint density at radius 1 is 1.00 bits per heavy atom. The third-order valence-electron chi connectivity index (χ3n) is 5.14. The molecule has 0 atom stereocenters. The van der Waals surface area contributed by atoms with Crippen LogP contribution in [0.5, 0.6) is 0 Å². The van der Waals surface area contributed by atoms with Gasteiger partial charge >= 0.3 is 0 Å². The molecule has 0 aromatic carbocycles. The zero-order valence-electron chi connectivity index (χ0n) is 14.7. The molecule has 4 heterocycles. The highest BCUT2D eigenvalue weighted by Gasteiger charge is 2.22. The van der Waals surface area contributed by atoms with Crippen LogP contribution in [0.1, 0.15) is 30.1 Å². The van der Waals surface area contributed by atoms with E-state index in [0.29, 0.717) is 11.6 Å². The van der Waals surface area contributed by atoms with E-state index in [1.807, 2.05) is 6.07 Å². The van der Waals surface area contributed by atoms with Crippen molar-refractivity contribution in [1.82, 2.24) is 15.0 Å². The van der Waals surface area contributed by atoms with Gasteiger partial charge in [0.1, 0.15) is 23.9 Å². The molecule has 2 aromatic rings. The number of hydrogen-bond donors (Lipinski definition) is 0. The van der Waals surface area contributed by atoms with E-state index in [1.165, 1.54) is 0 Å². The predicted octanol–water partition coefficient (Wildman–Crippen LogP) is 1.96. The third kappa shape index (κ3) is 3.60. The van der Waals surface area contributed by atoms with Crippen molar-refractivity contribution in [2.75, 3.05) is 49.2 Å². The molecule has 0 unspecified atom stereocenters. The van der Waals surface area contributed by atoms with Gasteiger partial charge in [0.05, 0.1) is 11.9 Å². The van der Waals surface area contributed by atoms with Gasteiger partial charge < -0.3 is 14.5 Å². The molecular formula is C19H22N6O. The van der Waals surface area contributed by atoms with Crippen molar-refractivity contribution in [3.8, 4) is 6.07 Å². The molecule has 0 spiro atoms. The van der Waals surface area contributed by atoms with E-state index in [9.17, 15) is 0 Å². The average molecular weight is 350 g/mol. The summed E-state index contributed by atoms with van der Waals surface area (Å²) in [5.41, 5.74) is 2.65. The number of piperazine rings is 1. The third-order valence-corrected chi connectivity index (χ3v) is 5.14. The van der Waals surface area contributed by atoms with Gasteiger partial charge in [-0.3, -0.25) is 0 Å². The van der Waals surface area contributed by atoms with E-state index < -0.39 is 0 Å². The largest absolute Gasteiger partial charge is 0.381 e. The highest BCUT2D eigenvalue weighted by atomic mass is 16.5. The maximum atomic E-state index is 8.86. The lowest BCUT2D eigenvalue weighted by Gasteiger charge is -2.36. The van der Waals surface area contributed by atoms with Crippen LogP contribution in [0.4, 0.5) is 11.5 Å². The summed E-state index contributed by atoms with van der Waals surface area (Å²) in [6.07, 6.45) is 5.55. The number of nitrogens with zero attached hydrogens (tertiary/aromatic N) is 6. The summed E-state index contributed by atoms with van der Waals surface area (Å²) in [4.78, 5) is 17.8. The summed E-state index contributed by atoms with van der Waals surface area (Å²) in [5.74, 6) is 1.50. The van der Waals surface area contributed by atoms with Crippen LogP contribution in [0, 0.1) is 11.3 Å². The highest BCUT2D eigenvalue weighted by Crippen LogP contribution is 2.27. The van der Waals surface area contributed by atoms with Crippen molar-refractivity contribution in [2.45, 2.75) is 18.8 Å². The van der Waals surface area contributed by atoms with Gasteiger partial charge in [0.25, 0.3) is 0 Å². The predicted molar refractivity (Wildman–Crippen MR) is 98.2 cm³/mol. The fourth-order valence-corrected chi connectivity index (χ4v) is 3.58. The van der Waals surface area contributed by atoms with E-state index in [1.54, 1.807) is 18.6 Å². The summed E-state index contributed by atoms with van der Waals surface area (Å²) in [6.45, 7) is 5.27. The number of hydrogen-bond acceptors (Lipinski definition) is 7. The molecule has 0 radical (unpaired) electrons. The highest BCUT2D eigenvalue weighted by molar-refractivity contribution is 5.49. The smallest absolute Gasteiger partial charge is 0.140 e. The number of pyridine rings is 1. The molecule has 2 aliphatic rings. The fourth-order valence-electron chi connectivity index (χ4n) is 3.58. The molecule has 0 amide bonds. The van der Waals surface area contributed by atoms with Crippen LogP contribution in [0.25, 0.3) is 0 Å². The molecule has 134 valence electrons. The monoisotopic (exact) mass is 350 g/mol. The average Bonchev–Trinajstić information content (AvgIpc) is 2.75. The maximum Gasteiger partial charge on any atom is 0.140 e. The lowest BCUT2D eigenvalue weighted by Crippen LogP contribution is -2.47. The number of rotatable bonds is 3. The summed E-state index contributed by atoms with van der Waals surface area (Å²) in [5, 5.41) is 8.86. The molecular weight excluding hydrogens is 328 g/mol. The molecule has 7 heteroatoms. The van der Waals surface area contributed by atoms with Crippen molar-refractivity contribution < 1.29 is 4.74 Å². The van der Waals surface area contributed by atoms with E-state index in [0.717, 1.165) is 69.4 Å². The molecule has 7 nitrogen and oxygen atoms in total. The summed E-state index contributed by atoms with van der Waals surface area (Å²) in [6, 6.07) is 7.94. The minimum Gasteiger partial charge on any atom is -0.381 e. The molecule has 2 aromatic heterocycles. The standard InChI is InChI=1S/C19H22N6O/c20-12-16-1-2-17(13-21-16)24-5-7-25(8-6-24)19-11-18(22-14-23-19)15-3-9-26-10-4-15/h1-2,11,13-15H,3-10H2. The normalized spacial score (nSPS) is 18.6. The quantitative estimate of drug-likeness (QED) is 0.837. The number of nitriles is 1. The van der Waals surface area contributed by atoms with Gasteiger partial charge in [0.15, 0.2) is 0 Å².